The van der Waals surface area contributed by atoms with Crippen LogP contribution < -0.4 is 15.0 Å². The minimum atomic E-state index is -0.311. The summed E-state index contributed by atoms with van der Waals surface area (Å²) in [6.07, 6.45) is 0. The number of benzene rings is 2. The molecular weight excluding hydrogens is 352 g/mol. The first kappa shape index (κ1) is 19.8. The molecule has 138 valence electrons. The number of rotatable bonds is 6. The summed E-state index contributed by atoms with van der Waals surface area (Å²) in [5.41, 5.74) is 2.40. The molecule has 0 unspecified atom stereocenters. The normalized spacial score (nSPS) is 10.5. The van der Waals surface area contributed by atoms with E-state index in [4.69, 9.17) is 16.3 Å². The molecule has 2 aromatic rings. The molecule has 5 nitrogen and oxygen atoms in total. The summed E-state index contributed by atoms with van der Waals surface area (Å²) in [6, 6.07) is 12.6. The topological polar surface area (TPSA) is 58.6 Å². The molecule has 0 atom stereocenters. The lowest BCUT2D eigenvalue weighted by atomic mass is 10.0. The number of nitrogens with zero attached hydrogens (tertiary/aromatic N) is 1. The Kier molecular flexibility index (Phi) is 6.64. The van der Waals surface area contributed by atoms with Crippen LogP contribution in [0.2, 0.25) is 5.02 Å². The molecular formula is C20H23ClN2O3. The molecule has 1 N–H and O–H groups in total. The monoisotopic (exact) mass is 374 g/mol. The minimum Gasteiger partial charge on any atom is -0.495 e. The van der Waals surface area contributed by atoms with Gasteiger partial charge in [0.1, 0.15) is 12.3 Å². The Hall–Kier alpha value is -2.53. The summed E-state index contributed by atoms with van der Waals surface area (Å²) in [4.78, 5) is 25.8. The summed E-state index contributed by atoms with van der Waals surface area (Å²) in [5, 5.41) is 3.15. The van der Waals surface area contributed by atoms with Gasteiger partial charge in [-0.15, -0.1) is 0 Å². The molecule has 0 heterocycles. The second kappa shape index (κ2) is 8.72. The summed E-state index contributed by atoms with van der Waals surface area (Å²) in [7, 11) is 1.52. The van der Waals surface area contributed by atoms with Crippen molar-refractivity contribution in [1.29, 1.82) is 0 Å². The van der Waals surface area contributed by atoms with Crippen molar-refractivity contribution in [1.82, 2.24) is 0 Å². The van der Waals surface area contributed by atoms with Crippen molar-refractivity contribution >= 4 is 34.8 Å². The van der Waals surface area contributed by atoms with E-state index in [1.165, 1.54) is 24.5 Å². The van der Waals surface area contributed by atoms with Crippen LogP contribution >= 0.6 is 11.6 Å². The fourth-order valence-electron chi connectivity index (χ4n) is 2.51. The summed E-state index contributed by atoms with van der Waals surface area (Å²) < 4.78 is 5.09. The predicted octanol–water partition coefficient (Wildman–Crippen LogP) is 4.46. The van der Waals surface area contributed by atoms with Gasteiger partial charge in [-0.2, -0.15) is 0 Å². The molecule has 0 spiro atoms. The summed E-state index contributed by atoms with van der Waals surface area (Å²) in [6.45, 7) is 5.56. The van der Waals surface area contributed by atoms with E-state index in [0.717, 1.165) is 0 Å². The van der Waals surface area contributed by atoms with Crippen molar-refractivity contribution in [2.75, 3.05) is 23.9 Å². The van der Waals surface area contributed by atoms with Crippen molar-refractivity contribution < 1.29 is 14.3 Å². The lowest BCUT2D eigenvalue weighted by molar-refractivity contribution is -0.120. The molecule has 2 rings (SSSR count). The van der Waals surface area contributed by atoms with Gasteiger partial charge in [-0.3, -0.25) is 9.59 Å². The third-order valence-electron chi connectivity index (χ3n) is 3.99. The molecule has 0 aromatic heterocycles. The highest BCUT2D eigenvalue weighted by Gasteiger charge is 2.16. The smallest absolute Gasteiger partial charge is 0.244 e. The van der Waals surface area contributed by atoms with Crippen molar-refractivity contribution in [3.63, 3.8) is 0 Å². The van der Waals surface area contributed by atoms with Crippen LogP contribution in [-0.4, -0.2) is 25.5 Å². The Labute approximate surface area is 158 Å². The zero-order valence-corrected chi connectivity index (χ0v) is 16.1. The third kappa shape index (κ3) is 4.99. The number of hydrogen-bond acceptors (Lipinski definition) is 3. The first-order valence-corrected chi connectivity index (χ1v) is 8.71. The Balaban J connectivity index is 2.10. The predicted molar refractivity (Wildman–Crippen MR) is 105 cm³/mol. The Bertz CT molecular complexity index is 788. The highest BCUT2D eigenvalue weighted by molar-refractivity contribution is 6.32. The molecule has 0 bridgehead atoms. The van der Waals surface area contributed by atoms with E-state index in [1.807, 2.05) is 24.3 Å². The van der Waals surface area contributed by atoms with Crippen molar-refractivity contribution in [2.24, 2.45) is 0 Å². The van der Waals surface area contributed by atoms with Gasteiger partial charge in [0, 0.05) is 18.3 Å². The van der Waals surface area contributed by atoms with Crippen LogP contribution in [0, 0.1) is 0 Å². The van der Waals surface area contributed by atoms with Crippen LogP contribution in [0.1, 0.15) is 32.3 Å². The van der Waals surface area contributed by atoms with Gasteiger partial charge in [-0.25, -0.2) is 0 Å². The van der Waals surface area contributed by atoms with Crippen molar-refractivity contribution in [3.05, 3.63) is 53.1 Å². The number of carbonyl (C=O) groups excluding carboxylic acids is 2. The van der Waals surface area contributed by atoms with Crippen LogP contribution in [0.25, 0.3) is 0 Å². The average Bonchev–Trinajstić information content (AvgIpc) is 2.59. The second-order valence-corrected chi connectivity index (χ2v) is 6.66. The largest absolute Gasteiger partial charge is 0.495 e. The van der Waals surface area contributed by atoms with Gasteiger partial charge < -0.3 is 15.0 Å². The van der Waals surface area contributed by atoms with Gasteiger partial charge in [0.15, 0.2) is 0 Å². The number of methoxy groups -OCH3 is 1. The minimum absolute atomic E-state index is 0.0833. The van der Waals surface area contributed by atoms with Gasteiger partial charge in [0.2, 0.25) is 11.8 Å². The van der Waals surface area contributed by atoms with E-state index in [0.29, 0.717) is 28.1 Å². The quantitative estimate of drug-likeness (QED) is 0.811. The van der Waals surface area contributed by atoms with E-state index >= 15 is 0 Å². The number of hydrogen-bond donors (Lipinski definition) is 1. The van der Waals surface area contributed by atoms with Crippen LogP contribution in [-0.2, 0) is 9.59 Å². The van der Waals surface area contributed by atoms with Crippen molar-refractivity contribution in [3.8, 4) is 5.75 Å². The zero-order valence-electron chi connectivity index (χ0n) is 15.4. The Morgan fingerprint density at radius 3 is 2.31 bits per heavy atom. The van der Waals surface area contributed by atoms with Crippen LogP contribution in [0.5, 0.6) is 5.75 Å². The van der Waals surface area contributed by atoms with E-state index in [-0.39, 0.29) is 18.4 Å². The number of halogens is 1. The number of ether oxygens (including phenoxy) is 1. The standard InChI is InChI=1S/C20H23ClN2O3/c1-13(2)15-5-8-17(9-6-15)23(14(3)24)12-20(25)22-16-7-10-19(26-4)18(21)11-16/h5-11,13H,12H2,1-4H3,(H,22,25). The number of nitrogens with one attached hydrogen (secondary N) is 1. The van der Waals surface area contributed by atoms with E-state index in [1.54, 1.807) is 18.2 Å². The average molecular weight is 375 g/mol. The maximum Gasteiger partial charge on any atom is 0.244 e. The molecule has 0 aliphatic carbocycles. The highest BCUT2D eigenvalue weighted by Crippen LogP contribution is 2.27. The maximum absolute atomic E-state index is 12.4. The lowest BCUT2D eigenvalue weighted by Crippen LogP contribution is -2.36. The lowest BCUT2D eigenvalue weighted by Gasteiger charge is -2.21. The van der Waals surface area contributed by atoms with Gasteiger partial charge in [0.05, 0.1) is 12.1 Å². The number of anilines is 2. The molecule has 0 saturated heterocycles. The van der Waals surface area contributed by atoms with Gasteiger partial charge >= 0.3 is 0 Å². The van der Waals surface area contributed by atoms with Crippen LogP contribution in [0.4, 0.5) is 11.4 Å². The zero-order chi connectivity index (χ0) is 19.3. The van der Waals surface area contributed by atoms with Gasteiger partial charge in [-0.1, -0.05) is 37.6 Å². The molecule has 26 heavy (non-hydrogen) atoms. The van der Waals surface area contributed by atoms with E-state index < -0.39 is 0 Å². The number of amides is 2. The van der Waals surface area contributed by atoms with Crippen LogP contribution in [0.15, 0.2) is 42.5 Å². The summed E-state index contributed by atoms with van der Waals surface area (Å²) >= 11 is 6.06. The molecule has 0 radical (unpaired) electrons. The molecule has 0 saturated carbocycles. The summed E-state index contributed by atoms with van der Waals surface area (Å²) in [5.74, 6) is 0.415. The van der Waals surface area contributed by atoms with E-state index in [9.17, 15) is 9.59 Å². The maximum atomic E-state index is 12.4. The number of carbonyl (C=O) groups is 2. The molecule has 2 aromatic carbocycles. The highest BCUT2D eigenvalue weighted by atomic mass is 35.5. The second-order valence-electron chi connectivity index (χ2n) is 6.25. The van der Waals surface area contributed by atoms with Crippen molar-refractivity contribution in [2.45, 2.75) is 26.7 Å². The van der Waals surface area contributed by atoms with E-state index in [2.05, 4.69) is 19.2 Å². The first-order valence-electron chi connectivity index (χ1n) is 8.33. The molecule has 0 aliphatic rings. The molecule has 0 aliphatic heterocycles. The first-order chi connectivity index (χ1) is 12.3. The molecule has 2 amide bonds. The Morgan fingerprint density at radius 1 is 1.15 bits per heavy atom. The third-order valence-corrected chi connectivity index (χ3v) is 4.28. The molecule has 6 heteroatoms. The van der Waals surface area contributed by atoms with Gasteiger partial charge in [-0.05, 0) is 41.8 Å². The fourth-order valence-corrected chi connectivity index (χ4v) is 2.77. The Morgan fingerprint density at radius 2 is 1.81 bits per heavy atom. The SMILES string of the molecule is COc1ccc(NC(=O)CN(C(C)=O)c2ccc(C(C)C)cc2)cc1Cl. The molecule has 0 fully saturated rings. The van der Waals surface area contributed by atoms with Crippen LogP contribution in [0.3, 0.4) is 0 Å². The van der Waals surface area contributed by atoms with Gasteiger partial charge in [0.25, 0.3) is 0 Å². The fraction of sp³-hybridized carbons (Fsp3) is 0.300.